The fraction of sp³-hybridized carbons (Fsp3) is 0.269. The molecule has 0 bridgehead atoms. The summed E-state index contributed by atoms with van der Waals surface area (Å²) < 4.78 is 8.54. The largest absolute Gasteiger partial charge is 0.494 e. The number of hydrogen-bond donors (Lipinski definition) is 1. The van der Waals surface area contributed by atoms with Crippen LogP contribution in [0.4, 0.5) is 0 Å². The van der Waals surface area contributed by atoms with E-state index < -0.39 is 5.91 Å². The second-order valence-electron chi connectivity index (χ2n) is 7.97. The van der Waals surface area contributed by atoms with E-state index in [1.807, 2.05) is 45.0 Å². The lowest BCUT2D eigenvalue weighted by Gasteiger charge is -2.12. The number of carbonyl (C=O) groups excluding carboxylic acids is 1. The monoisotopic (exact) mass is 473 g/mol. The molecule has 35 heavy (non-hydrogen) atoms. The summed E-state index contributed by atoms with van der Waals surface area (Å²) in [4.78, 5) is 42.5. The van der Waals surface area contributed by atoms with Crippen LogP contribution in [-0.2, 0) is 13.1 Å². The molecule has 3 aromatic heterocycles. The van der Waals surface area contributed by atoms with Crippen LogP contribution in [0.3, 0.4) is 0 Å². The van der Waals surface area contributed by atoms with Crippen molar-refractivity contribution in [3.63, 3.8) is 0 Å². The first kappa shape index (κ1) is 23.9. The number of ether oxygens (including phenoxy) is 1. The average Bonchev–Trinajstić information content (AvgIpc) is 2.86. The van der Waals surface area contributed by atoms with E-state index in [2.05, 4.69) is 15.4 Å². The van der Waals surface area contributed by atoms with Gasteiger partial charge < -0.3 is 14.6 Å². The molecule has 1 amide bonds. The van der Waals surface area contributed by atoms with E-state index in [1.165, 1.54) is 16.9 Å². The number of nitrogens with zero attached hydrogens (tertiary/aromatic N) is 4. The lowest BCUT2D eigenvalue weighted by Crippen LogP contribution is -2.34. The summed E-state index contributed by atoms with van der Waals surface area (Å²) in [5, 5.41) is 7.55. The topological polar surface area (TPSA) is 108 Å². The third-order valence-electron chi connectivity index (χ3n) is 5.58. The van der Waals surface area contributed by atoms with E-state index in [1.54, 1.807) is 22.8 Å². The molecule has 0 aliphatic carbocycles. The molecule has 0 saturated heterocycles. The molecule has 0 atom stereocenters. The molecule has 0 fully saturated rings. The average molecular weight is 474 g/mol. The van der Waals surface area contributed by atoms with Gasteiger partial charge in [0, 0.05) is 36.6 Å². The molecule has 1 N–H and O–H groups in total. The van der Waals surface area contributed by atoms with E-state index in [0.29, 0.717) is 29.9 Å². The molecule has 3 heterocycles. The Hall–Kier alpha value is -4.27. The van der Waals surface area contributed by atoms with Gasteiger partial charge in [-0.05, 0) is 63.2 Å². The zero-order valence-corrected chi connectivity index (χ0v) is 19.9. The summed E-state index contributed by atoms with van der Waals surface area (Å²) in [5.41, 5.74) is 2.19. The predicted molar refractivity (Wildman–Crippen MR) is 134 cm³/mol. The maximum atomic E-state index is 12.9. The SMILES string of the molecule is CCOc1ccc(-c2ccc(=O)n(CCNC(=O)c3cn(CC)c4nc(C)ccc4c3=O)n2)cc1. The van der Waals surface area contributed by atoms with Gasteiger partial charge in [0.25, 0.3) is 11.5 Å². The van der Waals surface area contributed by atoms with Gasteiger partial charge in [0.2, 0.25) is 5.43 Å². The van der Waals surface area contributed by atoms with Crippen molar-refractivity contribution in [2.45, 2.75) is 33.9 Å². The third kappa shape index (κ3) is 5.13. The fourth-order valence-corrected chi connectivity index (χ4v) is 3.78. The first-order chi connectivity index (χ1) is 16.9. The van der Waals surface area contributed by atoms with Gasteiger partial charge in [0.05, 0.1) is 24.2 Å². The fourth-order valence-electron chi connectivity index (χ4n) is 3.78. The van der Waals surface area contributed by atoms with Crippen LogP contribution in [0.2, 0.25) is 0 Å². The summed E-state index contributed by atoms with van der Waals surface area (Å²) in [5.74, 6) is 0.254. The zero-order valence-electron chi connectivity index (χ0n) is 19.9. The lowest BCUT2D eigenvalue weighted by atomic mass is 10.1. The normalized spacial score (nSPS) is 10.9. The van der Waals surface area contributed by atoms with Gasteiger partial charge in [-0.3, -0.25) is 14.4 Å². The van der Waals surface area contributed by atoms with Crippen LogP contribution in [-0.4, -0.2) is 38.4 Å². The van der Waals surface area contributed by atoms with Crippen LogP contribution in [0.15, 0.2) is 64.3 Å². The van der Waals surface area contributed by atoms with Crippen molar-refractivity contribution in [2.24, 2.45) is 0 Å². The maximum Gasteiger partial charge on any atom is 0.266 e. The van der Waals surface area contributed by atoms with Crippen molar-refractivity contribution in [1.82, 2.24) is 24.6 Å². The number of aryl methyl sites for hydroxylation is 2. The first-order valence-corrected chi connectivity index (χ1v) is 11.5. The van der Waals surface area contributed by atoms with Crippen molar-refractivity contribution in [2.75, 3.05) is 13.2 Å². The molecular weight excluding hydrogens is 446 g/mol. The number of hydrogen-bond acceptors (Lipinski definition) is 6. The Kier molecular flexibility index (Phi) is 7.05. The molecule has 0 spiro atoms. The van der Waals surface area contributed by atoms with Gasteiger partial charge in [-0.25, -0.2) is 9.67 Å². The predicted octanol–water partition coefficient (Wildman–Crippen LogP) is 2.78. The zero-order chi connectivity index (χ0) is 24.9. The highest BCUT2D eigenvalue weighted by molar-refractivity contribution is 5.96. The van der Waals surface area contributed by atoms with Crippen molar-refractivity contribution in [1.29, 1.82) is 0 Å². The van der Waals surface area contributed by atoms with Gasteiger partial charge in [-0.1, -0.05) is 0 Å². The Morgan fingerprint density at radius 1 is 1.03 bits per heavy atom. The number of nitrogens with one attached hydrogen (secondary N) is 1. The highest BCUT2D eigenvalue weighted by atomic mass is 16.5. The van der Waals surface area contributed by atoms with Crippen molar-refractivity contribution in [3.05, 3.63) is 86.6 Å². The summed E-state index contributed by atoms with van der Waals surface area (Å²) in [6.07, 6.45) is 1.53. The van der Waals surface area contributed by atoms with Crippen LogP contribution in [0, 0.1) is 6.92 Å². The highest BCUT2D eigenvalue weighted by Crippen LogP contribution is 2.19. The molecule has 9 nitrogen and oxygen atoms in total. The molecule has 0 radical (unpaired) electrons. The minimum atomic E-state index is -0.504. The molecule has 0 unspecified atom stereocenters. The second kappa shape index (κ2) is 10.3. The van der Waals surface area contributed by atoms with Crippen LogP contribution in [0.25, 0.3) is 22.3 Å². The van der Waals surface area contributed by atoms with E-state index >= 15 is 0 Å². The van der Waals surface area contributed by atoms with Gasteiger partial charge in [0.1, 0.15) is 17.0 Å². The van der Waals surface area contributed by atoms with Gasteiger partial charge >= 0.3 is 0 Å². The Balaban J connectivity index is 1.50. The van der Waals surface area contributed by atoms with E-state index in [9.17, 15) is 14.4 Å². The van der Waals surface area contributed by atoms with Crippen LogP contribution in [0.5, 0.6) is 5.75 Å². The van der Waals surface area contributed by atoms with Crippen LogP contribution >= 0.6 is 0 Å². The maximum absolute atomic E-state index is 12.9. The molecule has 1 aromatic carbocycles. The molecule has 9 heteroatoms. The lowest BCUT2D eigenvalue weighted by molar-refractivity contribution is 0.0950. The van der Waals surface area contributed by atoms with Gasteiger partial charge in [0.15, 0.2) is 0 Å². The Labute approximate surface area is 202 Å². The van der Waals surface area contributed by atoms with Crippen LogP contribution in [0.1, 0.15) is 29.9 Å². The molecule has 0 aliphatic heterocycles. The molecule has 0 aliphatic rings. The number of pyridine rings is 2. The summed E-state index contributed by atoms with van der Waals surface area (Å²) in [6, 6.07) is 14.0. The quantitative estimate of drug-likeness (QED) is 0.422. The number of benzene rings is 1. The summed E-state index contributed by atoms with van der Waals surface area (Å²) in [7, 11) is 0. The third-order valence-corrected chi connectivity index (χ3v) is 5.58. The van der Waals surface area contributed by atoms with Crippen molar-refractivity contribution in [3.8, 4) is 17.0 Å². The molecule has 4 aromatic rings. The van der Waals surface area contributed by atoms with E-state index in [0.717, 1.165) is 17.0 Å². The van der Waals surface area contributed by atoms with Crippen molar-refractivity contribution >= 4 is 16.9 Å². The highest BCUT2D eigenvalue weighted by Gasteiger charge is 2.16. The van der Waals surface area contributed by atoms with Crippen LogP contribution < -0.4 is 21.0 Å². The Bertz CT molecular complexity index is 1490. The van der Waals surface area contributed by atoms with Gasteiger partial charge in [-0.2, -0.15) is 5.10 Å². The number of fused-ring (bicyclic) bond motifs is 1. The number of amides is 1. The molecular formula is C26H27N5O4. The van der Waals surface area contributed by atoms with Gasteiger partial charge in [-0.15, -0.1) is 0 Å². The Morgan fingerprint density at radius 2 is 1.80 bits per heavy atom. The van der Waals surface area contributed by atoms with Crippen molar-refractivity contribution < 1.29 is 9.53 Å². The minimum absolute atomic E-state index is 0.0356. The smallest absolute Gasteiger partial charge is 0.266 e. The standard InChI is InChI=1S/C26H27N5O4/c1-4-30-16-21(24(33)20-11-6-17(3)28-25(20)30)26(34)27-14-15-31-23(32)13-12-22(29-31)18-7-9-19(10-8-18)35-5-2/h6-13,16H,4-5,14-15H2,1-3H3,(H,27,34). The summed E-state index contributed by atoms with van der Waals surface area (Å²) >= 11 is 0. The molecule has 0 saturated carbocycles. The van der Waals surface area contributed by atoms with E-state index in [-0.39, 0.29) is 29.6 Å². The number of rotatable bonds is 8. The summed E-state index contributed by atoms with van der Waals surface area (Å²) in [6.45, 7) is 7.12. The number of aromatic nitrogens is 4. The van der Waals surface area contributed by atoms with E-state index in [4.69, 9.17) is 4.74 Å². The first-order valence-electron chi connectivity index (χ1n) is 11.5. The molecule has 180 valence electrons. The minimum Gasteiger partial charge on any atom is -0.494 e. The molecule has 4 rings (SSSR count). The number of carbonyl (C=O) groups is 1. The Morgan fingerprint density at radius 3 is 2.51 bits per heavy atom. The second-order valence-corrected chi connectivity index (χ2v) is 7.97.